The molecule has 0 fully saturated rings. The minimum atomic E-state index is -3.09. The molecule has 0 spiro atoms. The maximum absolute atomic E-state index is 11.8. The summed E-state index contributed by atoms with van der Waals surface area (Å²) in [4.78, 5) is 10.4. The van der Waals surface area contributed by atoms with E-state index in [-0.39, 0.29) is 0 Å². The third-order valence-electron chi connectivity index (χ3n) is 1.27. The number of carboxylic acid groups (broad SMARTS) is 1. The highest BCUT2D eigenvalue weighted by molar-refractivity contribution is 7.86. The Morgan fingerprint density at radius 2 is 1.83 bits per heavy atom. The standard InChI is InChI=1S/C6H10F2O3S/c1-3(2)4(5(9)10)12(11)6(7)8/h3-4,6H,1-2H3,(H,9,10). The summed E-state index contributed by atoms with van der Waals surface area (Å²) >= 11 is 0. The zero-order valence-corrected chi connectivity index (χ0v) is 7.48. The van der Waals surface area contributed by atoms with Crippen LogP contribution in [0, 0.1) is 5.92 Å². The zero-order chi connectivity index (χ0) is 9.89. The van der Waals surface area contributed by atoms with Gasteiger partial charge in [-0.15, -0.1) is 0 Å². The lowest BCUT2D eigenvalue weighted by Crippen LogP contribution is -2.33. The molecule has 0 aromatic carbocycles. The van der Waals surface area contributed by atoms with Crippen molar-refractivity contribution in [3.8, 4) is 0 Å². The molecular weight excluding hydrogens is 190 g/mol. The average Bonchev–Trinajstić information content (AvgIpc) is 1.85. The average molecular weight is 200 g/mol. The van der Waals surface area contributed by atoms with Gasteiger partial charge in [0, 0.05) is 0 Å². The Hall–Kier alpha value is -0.520. The van der Waals surface area contributed by atoms with E-state index in [4.69, 9.17) is 5.11 Å². The monoisotopic (exact) mass is 200 g/mol. The lowest BCUT2D eigenvalue weighted by atomic mass is 10.1. The topological polar surface area (TPSA) is 54.4 Å². The number of hydrogen-bond donors (Lipinski definition) is 1. The molecule has 72 valence electrons. The van der Waals surface area contributed by atoms with Crippen LogP contribution < -0.4 is 0 Å². The molecule has 0 saturated heterocycles. The molecule has 2 atom stereocenters. The Kier molecular flexibility index (Phi) is 4.30. The molecule has 2 unspecified atom stereocenters. The number of hydrogen-bond acceptors (Lipinski definition) is 2. The van der Waals surface area contributed by atoms with Crippen LogP contribution >= 0.6 is 0 Å². The van der Waals surface area contributed by atoms with Gasteiger partial charge in [0.1, 0.15) is 16.0 Å². The first-order valence-electron chi connectivity index (χ1n) is 3.28. The van der Waals surface area contributed by atoms with Gasteiger partial charge in [-0.2, -0.15) is 8.78 Å². The number of alkyl halides is 2. The third-order valence-corrected chi connectivity index (χ3v) is 2.87. The predicted molar refractivity (Wildman–Crippen MR) is 40.4 cm³/mol. The van der Waals surface area contributed by atoms with Crippen LogP contribution in [0.1, 0.15) is 13.8 Å². The quantitative estimate of drug-likeness (QED) is 0.738. The van der Waals surface area contributed by atoms with Crippen molar-refractivity contribution in [2.24, 2.45) is 5.92 Å². The molecule has 0 aliphatic heterocycles. The molecule has 0 radical (unpaired) electrons. The van der Waals surface area contributed by atoms with Crippen molar-refractivity contribution in [2.45, 2.75) is 24.9 Å². The van der Waals surface area contributed by atoms with Gasteiger partial charge < -0.3 is 5.11 Å². The molecule has 0 aliphatic rings. The van der Waals surface area contributed by atoms with Crippen LogP contribution in [0.15, 0.2) is 0 Å². The van der Waals surface area contributed by atoms with Gasteiger partial charge in [-0.25, -0.2) is 0 Å². The molecule has 1 N–H and O–H groups in total. The maximum Gasteiger partial charge on any atom is 0.319 e. The number of rotatable bonds is 4. The summed E-state index contributed by atoms with van der Waals surface area (Å²) in [5.74, 6) is -5.09. The van der Waals surface area contributed by atoms with E-state index in [1.54, 1.807) is 0 Å². The van der Waals surface area contributed by atoms with Crippen LogP contribution in [0.25, 0.3) is 0 Å². The van der Waals surface area contributed by atoms with Gasteiger partial charge in [-0.3, -0.25) is 9.00 Å². The molecule has 0 aromatic heterocycles. The van der Waals surface area contributed by atoms with Crippen molar-refractivity contribution in [1.29, 1.82) is 0 Å². The molecule has 0 saturated carbocycles. The van der Waals surface area contributed by atoms with Gasteiger partial charge in [0.15, 0.2) is 0 Å². The van der Waals surface area contributed by atoms with Crippen LogP contribution in [0.3, 0.4) is 0 Å². The molecule has 0 aliphatic carbocycles. The minimum absolute atomic E-state index is 0.558. The summed E-state index contributed by atoms with van der Waals surface area (Å²) < 4.78 is 34.4. The van der Waals surface area contributed by atoms with E-state index in [1.807, 2.05) is 0 Å². The fourth-order valence-corrected chi connectivity index (χ4v) is 1.72. The fraction of sp³-hybridized carbons (Fsp3) is 0.833. The van der Waals surface area contributed by atoms with Gasteiger partial charge in [-0.1, -0.05) is 13.8 Å². The van der Waals surface area contributed by atoms with Crippen LogP contribution in [-0.2, 0) is 15.6 Å². The third kappa shape index (κ3) is 2.84. The largest absolute Gasteiger partial charge is 0.480 e. The van der Waals surface area contributed by atoms with Crippen LogP contribution in [0.4, 0.5) is 8.78 Å². The van der Waals surface area contributed by atoms with Crippen molar-refractivity contribution < 1.29 is 22.9 Å². The van der Waals surface area contributed by atoms with E-state index < -0.39 is 33.7 Å². The van der Waals surface area contributed by atoms with Crippen molar-refractivity contribution in [3.05, 3.63) is 0 Å². The first kappa shape index (κ1) is 11.5. The van der Waals surface area contributed by atoms with Crippen molar-refractivity contribution >= 4 is 16.8 Å². The molecular formula is C6H10F2O3S. The lowest BCUT2D eigenvalue weighted by molar-refractivity contribution is -0.137. The maximum atomic E-state index is 11.8. The summed E-state index contributed by atoms with van der Waals surface area (Å²) in [7, 11) is -2.60. The first-order valence-corrected chi connectivity index (χ1v) is 4.56. The van der Waals surface area contributed by atoms with E-state index >= 15 is 0 Å². The van der Waals surface area contributed by atoms with Crippen molar-refractivity contribution in [3.63, 3.8) is 0 Å². The molecule has 0 heterocycles. The second-order valence-corrected chi connectivity index (χ2v) is 4.11. The van der Waals surface area contributed by atoms with Crippen molar-refractivity contribution in [1.82, 2.24) is 0 Å². The number of halogens is 2. The first-order chi connectivity index (χ1) is 5.37. The van der Waals surface area contributed by atoms with E-state index in [2.05, 4.69) is 0 Å². The predicted octanol–water partition coefficient (Wildman–Crippen LogP) is 1.07. The van der Waals surface area contributed by atoms with Crippen molar-refractivity contribution in [2.75, 3.05) is 0 Å². The van der Waals surface area contributed by atoms with Gasteiger partial charge in [-0.05, 0) is 5.92 Å². The van der Waals surface area contributed by atoms with Gasteiger partial charge >= 0.3 is 11.7 Å². The Morgan fingerprint density at radius 3 is 1.92 bits per heavy atom. The molecule has 3 nitrogen and oxygen atoms in total. The smallest absolute Gasteiger partial charge is 0.319 e. The molecule has 0 aromatic rings. The zero-order valence-electron chi connectivity index (χ0n) is 6.66. The molecule has 0 rings (SSSR count). The van der Waals surface area contributed by atoms with Crippen LogP contribution in [0.5, 0.6) is 0 Å². The van der Waals surface area contributed by atoms with Gasteiger partial charge in [0.05, 0.1) is 0 Å². The summed E-state index contributed by atoms with van der Waals surface area (Å²) in [6.45, 7) is 2.89. The van der Waals surface area contributed by atoms with Crippen LogP contribution in [0.2, 0.25) is 0 Å². The summed E-state index contributed by atoms with van der Waals surface area (Å²) in [6.07, 6.45) is 0. The summed E-state index contributed by atoms with van der Waals surface area (Å²) in [5.41, 5.74) is 0. The second-order valence-electron chi connectivity index (χ2n) is 2.59. The highest BCUT2D eigenvalue weighted by atomic mass is 32.2. The summed E-state index contributed by atoms with van der Waals surface area (Å²) in [5, 5.41) is 6.96. The normalized spacial score (nSPS) is 16.5. The molecule has 6 heteroatoms. The Bertz CT molecular complexity index is 193. The Balaban J connectivity index is 4.52. The highest BCUT2D eigenvalue weighted by Gasteiger charge is 2.33. The minimum Gasteiger partial charge on any atom is -0.480 e. The van der Waals surface area contributed by atoms with E-state index in [0.29, 0.717) is 0 Å². The van der Waals surface area contributed by atoms with E-state index in [0.717, 1.165) is 0 Å². The molecule has 0 bridgehead atoms. The number of aliphatic carboxylic acids is 1. The fourth-order valence-electron chi connectivity index (χ4n) is 0.764. The number of carboxylic acids is 1. The Morgan fingerprint density at radius 1 is 1.42 bits per heavy atom. The SMILES string of the molecule is CC(C)C(C(=O)O)S(=O)C(F)F. The second kappa shape index (κ2) is 4.49. The molecule has 0 amide bonds. The van der Waals surface area contributed by atoms with Gasteiger partial charge in [0.2, 0.25) is 0 Å². The van der Waals surface area contributed by atoms with E-state index in [1.165, 1.54) is 13.8 Å². The summed E-state index contributed by atoms with van der Waals surface area (Å²) in [6, 6.07) is 0. The Labute approximate surface area is 71.2 Å². The van der Waals surface area contributed by atoms with Gasteiger partial charge in [0.25, 0.3) is 0 Å². The van der Waals surface area contributed by atoms with E-state index in [9.17, 15) is 17.8 Å². The number of carbonyl (C=O) groups is 1. The van der Waals surface area contributed by atoms with Crippen LogP contribution in [-0.4, -0.2) is 26.3 Å². The highest BCUT2D eigenvalue weighted by Crippen LogP contribution is 2.15. The molecule has 12 heavy (non-hydrogen) atoms. The lowest BCUT2D eigenvalue weighted by Gasteiger charge is -2.14.